The zero-order chi connectivity index (χ0) is 18.5. The lowest BCUT2D eigenvalue weighted by Crippen LogP contribution is -2.46. The molecule has 2 aromatic carbocycles. The van der Waals surface area contributed by atoms with E-state index in [9.17, 15) is 0 Å². The number of ether oxygens (including phenoxy) is 1. The van der Waals surface area contributed by atoms with Crippen LogP contribution < -0.4 is 10.1 Å². The number of hydrogen-bond acceptors (Lipinski definition) is 4. The third-order valence-electron chi connectivity index (χ3n) is 5.78. The number of nitrogens with one attached hydrogen (secondary N) is 1. The van der Waals surface area contributed by atoms with Crippen LogP contribution in [0.1, 0.15) is 23.5 Å². The summed E-state index contributed by atoms with van der Waals surface area (Å²) in [6.07, 6.45) is 1.26. The molecule has 1 saturated heterocycles. The van der Waals surface area contributed by atoms with Gasteiger partial charge in [0, 0.05) is 51.2 Å². The predicted molar refractivity (Wildman–Crippen MR) is 110 cm³/mol. The Morgan fingerprint density at radius 3 is 2.44 bits per heavy atom. The minimum atomic E-state index is 0.625. The topological polar surface area (TPSA) is 27.7 Å². The molecule has 144 valence electrons. The molecule has 2 aromatic rings. The van der Waals surface area contributed by atoms with Crippen LogP contribution in [-0.2, 0) is 6.61 Å². The Morgan fingerprint density at radius 2 is 1.70 bits per heavy atom. The van der Waals surface area contributed by atoms with Gasteiger partial charge in [-0.1, -0.05) is 42.5 Å². The molecular formula is C23H31N3O. The fourth-order valence-electron chi connectivity index (χ4n) is 3.82. The third kappa shape index (κ3) is 5.32. The fourth-order valence-corrected chi connectivity index (χ4v) is 3.82. The van der Waals surface area contributed by atoms with Gasteiger partial charge in [0.1, 0.15) is 12.4 Å². The first-order valence-electron chi connectivity index (χ1n) is 10.2. The van der Waals surface area contributed by atoms with Crippen molar-refractivity contribution in [3.8, 4) is 5.75 Å². The van der Waals surface area contributed by atoms with Gasteiger partial charge >= 0.3 is 0 Å². The maximum atomic E-state index is 5.89. The Labute approximate surface area is 163 Å². The molecule has 1 saturated carbocycles. The van der Waals surface area contributed by atoms with Gasteiger partial charge in [0.2, 0.25) is 0 Å². The summed E-state index contributed by atoms with van der Waals surface area (Å²) in [6, 6.07) is 19.6. The molecule has 0 amide bonds. The molecule has 1 heterocycles. The molecule has 1 aliphatic carbocycles. The van der Waals surface area contributed by atoms with Crippen molar-refractivity contribution in [3.05, 3.63) is 65.7 Å². The summed E-state index contributed by atoms with van der Waals surface area (Å²) in [7, 11) is 2.21. The normalized spacial score (nSPS) is 23.3. The van der Waals surface area contributed by atoms with Gasteiger partial charge < -0.3 is 15.0 Å². The van der Waals surface area contributed by atoms with E-state index in [4.69, 9.17) is 4.74 Å². The van der Waals surface area contributed by atoms with E-state index in [2.05, 4.69) is 58.6 Å². The van der Waals surface area contributed by atoms with Crippen molar-refractivity contribution in [1.82, 2.24) is 15.1 Å². The van der Waals surface area contributed by atoms with Gasteiger partial charge in [-0.05, 0) is 36.7 Å². The second-order valence-corrected chi connectivity index (χ2v) is 7.89. The van der Waals surface area contributed by atoms with E-state index in [1.807, 2.05) is 18.2 Å². The maximum Gasteiger partial charge on any atom is 0.119 e. The van der Waals surface area contributed by atoms with Gasteiger partial charge in [-0.25, -0.2) is 0 Å². The molecule has 4 heteroatoms. The average Bonchev–Trinajstić information content (AvgIpc) is 3.49. The summed E-state index contributed by atoms with van der Waals surface area (Å²) >= 11 is 0. The second kappa shape index (κ2) is 8.87. The lowest BCUT2D eigenvalue weighted by atomic mass is 10.1. The van der Waals surface area contributed by atoms with E-state index in [1.165, 1.54) is 50.3 Å². The molecule has 1 unspecified atom stereocenters. The van der Waals surface area contributed by atoms with Crippen molar-refractivity contribution in [2.24, 2.45) is 0 Å². The van der Waals surface area contributed by atoms with Crippen LogP contribution in [0.3, 0.4) is 0 Å². The van der Waals surface area contributed by atoms with Crippen molar-refractivity contribution < 1.29 is 4.74 Å². The van der Waals surface area contributed by atoms with Crippen molar-refractivity contribution in [1.29, 1.82) is 0 Å². The zero-order valence-electron chi connectivity index (χ0n) is 16.3. The highest BCUT2D eigenvalue weighted by atomic mass is 16.5. The first-order chi connectivity index (χ1) is 13.3. The lowest BCUT2D eigenvalue weighted by Gasteiger charge is -2.32. The van der Waals surface area contributed by atoms with Crippen LogP contribution in [-0.4, -0.2) is 62.2 Å². The van der Waals surface area contributed by atoms with E-state index in [1.54, 1.807) is 0 Å². The Bertz CT molecular complexity index is 695. The molecule has 0 radical (unpaired) electrons. The maximum absolute atomic E-state index is 5.89. The summed E-state index contributed by atoms with van der Waals surface area (Å²) in [6.45, 7) is 7.70. The van der Waals surface area contributed by atoms with Crippen LogP contribution in [0.25, 0.3) is 0 Å². The molecule has 4 nitrogen and oxygen atoms in total. The molecule has 0 bridgehead atoms. The molecule has 1 N–H and O–H groups in total. The lowest BCUT2D eigenvalue weighted by molar-refractivity contribution is 0.154. The van der Waals surface area contributed by atoms with Gasteiger partial charge in [-0.3, -0.25) is 4.90 Å². The van der Waals surface area contributed by atoms with E-state index < -0.39 is 0 Å². The van der Waals surface area contributed by atoms with Crippen molar-refractivity contribution >= 4 is 0 Å². The highest BCUT2D eigenvalue weighted by Gasteiger charge is 2.37. The van der Waals surface area contributed by atoms with E-state index in [-0.39, 0.29) is 0 Å². The van der Waals surface area contributed by atoms with Gasteiger partial charge in [-0.2, -0.15) is 0 Å². The fraction of sp³-hybridized carbons (Fsp3) is 0.478. The van der Waals surface area contributed by atoms with Gasteiger partial charge in [0.25, 0.3) is 0 Å². The standard InChI is InChI=1S/C23H31N3O/c1-25-13-15-26(16-14-25)12-11-24-23-17-22(23)20-7-9-21(10-8-20)27-18-19-5-3-2-4-6-19/h2-10,22-24H,11-18H2,1H3/t22?,23-/m1/s1. The minimum Gasteiger partial charge on any atom is -0.489 e. The number of benzene rings is 2. The Balaban J connectivity index is 1.17. The number of hydrogen-bond donors (Lipinski definition) is 1. The SMILES string of the molecule is CN1CCN(CCN[C@@H]2CC2c2ccc(OCc3ccccc3)cc2)CC1. The van der Waals surface area contributed by atoms with Crippen LogP contribution in [0.5, 0.6) is 5.75 Å². The summed E-state index contributed by atoms with van der Waals surface area (Å²) in [4.78, 5) is 4.98. The van der Waals surface area contributed by atoms with E-state index in [0.29, 0.717) is 18.6 Å². The van der Waals surface area contributed by atoms with Crippen LogP contribution in [0.15, 0.2) is 54.6 Å². The van der Waals surface area contributed by atoms with Crippen LogP contribution >= 0.6 is 0 Å². The number of likely N-dealkylation sites (N-methyl/N-ethyl adjacent to an activating group) is 1. The van der Waals surface area contributed by atoms with E-state index in [0.717, 1.165) is 12.3 Å². The molecule has 0 spiro atoms. The Morgan fingerprint density at radius 1 is 0.963 bits per heavy atom. The predicted octanol–water partition coefficient (Wildman–Crippen LogP) is 2.96. The van der Waals surface area contributed by atoms with E-state index >= 15 is 0 Å². The van der Waals surface area contributed by atoms with Crippen LogP contribution in [0.4, 0.5) is 0 Å². The van der Waals surface area contributed by atoms with Crippen molar-refractivity contribution in [2.45, 2.75) is 25.0 Å². The molecule has 2 aliphatic rings. The highest BCUT2D eigenvalue weighted by Crippen LogP contribution is 2.41. The molecular weight excluding hydrogens is 334 g/mol. The zero-order valence-corrected chi connectivity index (χ0v) is 16.3. The first kappa shape index (κ1) is 18.5. The Hall–Kier alpha value is -1.88. The van der Waals surface area contributed by atoms with Gasteiger partial charge in [0.15, 0.2) is 0 Å². The third-order valence-corrected chi connectivity index (χ3v) is 5.78. The summed E-state index contributed by atoms with van der Waals surface area (Å²) in [5, 5.41) is 3.74. The summed E-state index contributed by atoms with van der Waals surface area (Å²) in [5.41, 5.74) is 2.63. The highest BCUT2D eigenvalue weighted by molar-refractivity contribution is 5.34. The van der Waals surface area contributed by atoms with Crippen molar-refractivity contribution in [3.63, 3.8) is 0 Å². The van der Waals surface area contributed by atoms with Gasteiger partial charge in [-0.15, -0.1) is 0 Å². The number of rotatable bonds is 8. The second-order valence-electron chi connectivity index (χ2n) is 7.89. The average molecular weight is 366 g/mol. The molecule has 2 atom stereocenters. The first-order valence-corrected chi connectivity index (χ1v) is 10.2. The number of piperazine rings is 1. The Kier molecular flexibility index (Phi) is 6.07. The molecule has 1 aliphatic heterocycles. The van der Waals surface area contributed by atoms with Crippen LogP contribution in [0, 0.1) is 0 Å². The summed E-state index contributed by atoms with van der Waals surface area (Å²) in [5.74, 6) is 1.61. The van der Waals surface area contributed by atoms with Crippen LogP contribution in [0.2, 0.25) is 0 Å². The molecule has 4 rings (SSSR count). The van der Waals surface area contributed by atoms with Crippen molar-refractivity contribution in [2.75, 3.05) is 46.3 Å². The number of nitrogens with zero attached hydrogens (tertiary/aromatic N) is 2. The molecule has 27 heavy (non-hydrogen) atoms. The smallest absolute Gasteiger partial charge is 0.119 e. The molecule has 2 fully saturated rings. The monoisotopic (exact) mass is 365 g/mol. The quantitative estimate of drug-likeness (QED) is 0.778. The van der Waals surface area contributed by atoms with Gasteiger partial charge in [0.05, 0.1) is 0 Å². The molecule has 0 aromatic heterocycles. The summed E-state index contributed by atoms with van der Waals surface area (Å²) < 4.78 is 5.89. The largest absolute Gasteiger partial charge is 0.489 e. The minimum absolute atomic E-state index is 0.625.